The predicted octanol–water partition coefficient (Wildman–Crippen LogP) is 3.35. The highest BCUT2D eigenvalue weighted by molar-refractivity contribution is 7.99. The van der Waals surface area contributed by atoms with Crippen molar-refractivity contribution in [2.75, 3.05) is 18.1 Å². The molecule has 1 unspecified atom stereocenters. The van der Waals surface area contributed by atoms with Gasteiger partial charge in [0.25, 0.3) is 0 Å². The number of thioether (sulfide) groups is 1. The van der Waals surface area contributed by atoms with Crippen molar-refractivity contribution in [3.8, 4) is 0 Å². The van der Waals surface area contributed by atoms with Gasteiger partial charge in [0.15, 0.2) is 0 Å². The minimum absolute atomic E-state index is 0.550. The van der Waals surface area contributed by atoms with Crippen LogP contribution < -0.4 is 5.32 Å². The van der Waals surface area contributed by atoms with Crippen LogP contribution in [0.15, 0.2) is 12.4 Å². The largest absolute Gasteiger partial charge is 0.335 e. The number of imidazole rings is 1. The van der Waals surface area contributed by atoms with Gasteiger partial charge in [0.05, 0.1) is 0 Å². The average Bonchev–Trinajstić information content (AvgIpc) is 2.84. The summed E-state index contributed by atoms with van der Waals surface area (Å²) in [7, 11) is 0. The summed E-state index contributed by atoms with van der Waals surface area (Å²) in [6.45, 7) is 8.87. The van der Waals surface area contributed by atoms with E-state index in [4.69, 9.17) is 0 Å². The molecule has 0 aliphatic rings. The van der Waals surface area contributed by atoms with Crippen molar-refractivity contribution in [2.24, 2.45) is 0 Å². The van der Waals surface area contributed by atoms with Gasteiger partial charge in [-0.3, -0.25) is 0 Å². The maximum Gasteiger partial charge on any atom is 0.110 e. The van der Waals surface area contributed by atoms with Crippen LogP contribution in [0, 0.1) is 0 Å². The third-order valence-electron chi connectivity index (χ3n) is 3.05. The Labute approximate surface area is 122 Å². The van der Waals surface area contributed by atoms with Gasteiger partial charge in [-0.15, -0.1) is 0 Å². The predicted molar refractivity (Wildman–Crippen MR) is 85.9 cm³/mol. The number of aryl methyl sites for hydroxylation is 1. The second-order valence-electron chi connectivity index (χ2n) is 4.97. The molecule has 0 spiro atoms. The van der Waals surface area contributed by atoms with E-state index in [2.05, 4.69) is 53.6 Å². The van der Waals surface area contributed by atoms with Crippen molar-refractivity contribution < 1.29 is 0 Å². The molecular weight excluding hydrogens is 254 g/mol. The van der Waals surface area contributed by atoms with E-state index in [1.807, 2.05) is 6.20 Å². The Hall–Kier alpha value is -0.480. The Morgan fingerprint density at radius 1 is 1.26 bits per heavy atom. The first-order valence-corrected chi connectivity index (χ1v) is 8.78. The Kier molecular flexibility index (Phi) is 9.01. The fraction of sp³-hybridized carbons (Fsp3) is 0.800. The van der Waals surface area contributed by atoms with Crippen LogP contribution in [0.5, 0.6) is 0 Å². The molecule has 1 atom stereocenters. The molecule has 110 valence electrons. The standard InChI is InChI=1S/C15H29N3S/c1-4-7-16-14(13-19-11-6-3)12-15-17-8-10-18(15)9-5-2/h8,10,14,16H,4-7,9,11-13H2,1-3H3. The highest BCUT2D eigenvalue weighted by Crippen LogP contribution is 2.10. The summed E-state index contributed by atoms with van der Waals surface area (Å²) >= 11 is 2.05. The van der Waals surface area contributed by atoms with Gasteiger partial charge < -0.3 is 9.88 Å². The Morgan fingerprint density at radius 3 is 2.79 bits per heavy atom. The van der Waals surface area contributed by atoms with E-state index in [0.717, 1.165) is 19.5 Å². The molecule has 0 radical (unpaired) electrons. The first-order chi connectivity index (χ1) is 9.31. The minimum atomic E-state index is 0.550. The fourth-order valence-electron chi connectivity index (χ4n) is 2.10. The molecule has 0 aromatic carbocycles. The summed E-state index contributed by atoms with van der Waals surface area (Å²) in [5.74, 6) is 3.67. The number of hydrogen-bond donors (Lipinski definition) is 1. The zero-order valence-corrected chi connectivity index (χ0v) is 13.5. The molecule has 0 aliphatic heterocycles. The van der Waals surface area contributed by atoms with Crippen LogP contribution in [-0.2, 0) is 13.0 Å². The molecule has 0 bridgehead atoms. The van der Waals surface area contributed by atoms with Crippen LogP contribution in [-0.4, -0.2) is 33.6 Å². The molecule has 19 heavy (non-hydrogen) atoms. The lowest BCUT2D eigenvalue weighted by molar-refractivity contribution is 0.520. The number of nitrogens with one attached hydrogen (secondary N) is 1. The third kappa shape index (κ3) is 6.48. The Morgan fingerprint density at radius 2 is 2.11 bits per heavy atom. The van der Waals surface area contributed by atoms with Gasteiger partial charge in [0.1, 0.15) is 5.82 Å². The van der Waals surface area contributed by atoms with Gasteiger partial charge in [-0.1, -0.05) is 20.8 Å². The zero-order valence-electron chi connectivity index (χ0n) is 12.7. The van der Waals surface area contributed by atoms with Crippen LogP contribution in [0.4, 0.5) is 0 Å². The van der Waals surface area contributed by atoms with Crippen molar-refractivity contribution in [1.82, 2.24) is 14.9 Å². The molecular formula is C15H29N3S. The first kappa shape index (κ1) is 16.6. The second-order valence-corrected chi connectivity index (χ2v) is 6.12. The van der Waals surface area contributed by atoms with Gasteiger partial charge in [-0.25, -0.2) is 4.98 Å². The Balaban J connectivity index is 2.51. The minimum Gasteiger partial charge on any atom is -0.335 e. The quantitative estimate of drug-likeness (QED) is 0.632. The molecule has 4 heteroatoms. The molecule has 0 aliphatic carbocycles. The average molecular weight is 283 g/mol. The van der Waals surface area contributed by atoms with Crippen molar-refractivity contribution in [2.45, 2.75) is 59.0 Å². The fourth-order valence-corrected chi connectivity index (χ4v) is 3.08. The Bertz CT molecular complexity index is 325. The van der Waals surface area contributed by atoms with Gasteiger partial charge >= 0.3 is 0 Å². The summed E-state index contributed by atoms with van der Waals surface area (Å²) in [5, 5.41) is 3.66. The van der Waals surface area contributed by atoms with E-state index < -0.39 is 0 Å². The molecule has 0 fully saturated rings. The highest BCUT2D eigenvalue weighted by Gasteiger charge is 2.12. The van der Waals surface area contributed by atoms with E-state index in [1.54, 1.807) is 0 Å². The molecule has 0 saturated carbocycles. The number of hydrogen-bond acceptors (Lipinski definition) is 3. The molecule has 0 amide bonds. The van der Waals surface area contributed by atoms with Crippen LogP contribution in [0.25, 0.3) is 0 Å². The number of nitrogens with zero attached hydrogens (tertiary/aromatic N) is 2. The van der Waals surface area contributed by atoms with E-state index >= 15 is 0 Å². The first-order valence-electron chi connectivity index (χ1n) is 7.62. The van der Waals surface area contributed by atoms with Crippen LogP contribution in [0.3, 0.4) is 0 Å². The van der Waals surface area contributed by atoms with Gasteiger partial charge in [-0.2, -0.15) is 11.8 Å². The molecule has 1 heterocycles. The second kappa shape index (κ2) is 10.3. The maximum absolute atomic E-state index is 4.52. The molecule has 1 aromatic rings. The molecule has 3 nitrogen and oxygen atoms in total. The highest BCUT2D eigenvalue weighted by atomic mass is 32.2. The molecule has 1 aromatic heterocycles. The zero-order chi connectivity index (χ0) is 13.9. The third-order valence-corrected chi connectivity index (χ3v) is 4.38. The molecule has 0 saturated heterocycles. The van der Waals surface area contributed by atoms with E-state index in [0.29, 0.717) is 6.04 Å². The summed E-state index contributed by atoms with van der Waals surface area (Å²) in [5.41, 5.74) is 0. The van der Waals surface area contributed by atoms with E-state index in [-0.39, 0.29) is 0 Å². The van der Waals surface area contributed by atoms with Gasteiger partial charge in [0.2, 0.25) is 0 Å². The molecule has 1 N–H and O–H groups in total. The summed E-state index contributed by atoms with van der Waals surface area (Å²) in [6.07, 6.45) is 8.70. The van der Waals surface area contributed by atoms with Crippen LogP contribution in [0.1, 0.15) is 45.9 Å². The normalized spacial score (nSPS) is 12.8. The van der Waals surface area contributed by atoms with Crippen molar-refractivity contribution in [3.05, 3.63) is 18.2 Å². The lowest BCUT2D eigenvalue weighted by atomic mass is 10.2. The van der Waals surface area contributed by atoms with E-state index in [1.165, 1.54) is 36.6 Å². The van der Waals surface area contributed by atoms with Crippen molar-refractivity contribution in [3.63, 3.8) is 0 Å². The molecule has 1 rings (SSSR count). The maximum atomic E-state index is 4.52. The smallest absolute Gasteiger partial charge is 0.110 e. The summed E-state index contributed by atoms with van der Waals surface area (Å²) in [4.78, 5) is 4.52. The summed E-state index contributed by atoms with van der Waals surface area (Å²) in [6, 6.07) is 0.550. The SMILES string of the molecule is CCCNC(CSCCC)Cc1nccn1CCC. The topological polar surface area (TPSA) is 29.9 Å². The van der Waals surface area contributed by atoms with Gasteiger partial charge in [0, 0.05) is 37.2 Å². The lowest BCUT2D eigenvalue weighted by Gasteiger charge is -2.18. The van der Waals surface area contributed by atoms with Gasteiger partial charge in [-0.05, 0) is 31.6 Å². The number of aromatic nitrogens is 2. The monoisotopic (exact) mass is 283 g/mol. The van der Waals surface area contributed by atoms with Crippen molar-refractivity contribution in [1.29, 1.82) is 0 Å². The van der Waals surface area contributed by atoms with Crippen LogP contribution in [0.2, 0.25) is 0 Å². The number of rotatable bonds is 11. The van der Waals surface area contributed by atoms with Crippen LogP contribution >= 0.6 is 11.8 Å². The lowest BCUT2D eigenvalue weighted by Crippen LogP contribution is -2.35. The van der Waals surface area contributed by atoms with Crippen molar-refractivity contribution >= 4 is 11.8 Å². The van der Waals surface area contributed by atoms with E-state index in [9.17, 15) is 0 Å². The summed E-state index contributed by atoms with van der Waals surface area (Å²) < 4.78 is 2.30.